The molecule has 0 saturated heterocycles. The Morgan fingerprint density at radius 1 is 0.889 bits per heavy atom. The number of aromatic amines is 2. The molecule has 8 heteroatoms. The molecule has 0 spiro atoms. The zero-order valence-electron chi connectivity index (χ0n) is 14.4. The fourth-order valence-electron chi connectivity index (χ4n) is 2.74. The molecule has 0 saturated carbocycles. The van der Waals surface area contributed by atoms with E-state index in [1.807, 2.05) is 55.5 Å². The minimum atomic E-state index is -0.511. The summed E-state index contributed by atoms with van der Waals surface area (Å²) in [4.78, 5) is 24.6. The smallest absolute Gasteiger partial charge is 0.277 e. The number of hydrogen-bond acceptors (Lipinski definition) is 4. The molecule has 0 fully saturated rings. The number of hydrogen-bond donors (Lipinski definition) is 4. The molecule has 2 heterocycles. The third-order valence-electron chi connectivity index (χ3n) is 4.12. The highest BCUT2D eigenvalue weighted by Crippen LogP contribution is 2.18. The Morgan fingerprint density at radius 2 is 1.67 bits per heavy atom. The van der Waals surface area contributed by atoms with Crippen molar-refractivity contribution in [3.63, 3.8) is 0 Å². The Labute approximate surface area is 154 Å². The van der Waals surface area contributed by atoms with Crippen molar-refractivity contribution in [1.82, 2.24) is 31.2 Å². The topological polar surface area (TPSA) is 116 Å². The monoisotopic (exact) mass is 360 g/mol. The van der Waals surface area contributed by atoms with Gasteiger partial charge in [-0.15, -0.1) is 0 Å². The van der Waals surface area contributed by atoms with Gasteiger partial charge in [-0.25, -0.2) is 0 Å². The van der Waals surface area contributed by atoms with Gasteiger partial charge >= 0.3 is 0 Å². The van der Waals surface area contributed by atoms with E-state index in [9.17, 15) is 9.59 Å². The van der Waals surface area contributed by atoms with Gasteiger partial charge in [0.05, 0.1) is 11.2 Å². The molecule has 134 valence electrons. The SMILES string of the molecule is Cc1ccc2[nH]nc(C(=O)NNC(=O)c3cc(-c4ccccc4)n[nH]3)c2c1. The van der Waals surface area contributed by atoms with Crippen LogP contribution < -0.4 is 10.9 Å². The largest absolute Gasteiger partial charge is 0.290 e. The normalized spacial score (nSPS) is 10.7. The summed E-state index contributed by atoms with van der Waals surface area (Å²) in [5.74, 6) is -1.02. The first-order valence-electron chi connectivity index (χ1n) is 8.28. The molecule has 0 aliphatic heterocycles. The van der Waals surface area contributed by atoms with E-state index in [2.05, 4.69) is 31.2 Å². The number of aryl methyl sites for hydroxylation is 1. The van der Waals surface area contributed by atoms with Crippen molar-refractivity contribution in [2.75, 3.05) is 0 Å². The van der Waals surface area contributed by atoms with E-state index in [-0.39, 0.29) is 11.4 Å². The summed E-state index contributed by atoms with van der Waals surface area (Å²) in [6, 6.07) is 16.7. The van der Waals surface area contributed by atoms with Gasteiger partial charge in [-0.1, -0.05) is 42.0 Å². The second-order valence-electron chi connectivity index (χ2n) is 6.06. The number of carbonyl (C=O) groups is 2. The number of fused-ring (bicyclic) bond motifs is 1. The molecule has 2 aromatic carbocycles. The Balaban J connectivity index is 1.45. The number of H-pyrrole nitrogens is 2. The van der Waals surface area contributed by atoms with Gasteiger partial charge in [0, 0.05) is 10.9 Å². The van der Waals surface area contributed by atoms with Crippen molar-refractivity contribution in [2.45, 2.75) is 6.92 Å². The summed E-state index contributed by atoms with van der Waals surface area (Å²) in [6.07, 6.45) is 0. The van der Waals surface area contributed by atoms with E-state index in [0.717, 1.165) is 16.6 Å². The predicted octanol–water partition coefficient (Wildman–Crippen LogP) is 2.34. The number of amides is 2. The number of benzene rings is 2. The van der Waals surface area contributed by atoms with E-state index in [1.54, 1.807) is 6.07 Å². The van der Waals surface area contributed by atoms with Crippen molar-refractivity contribution in [3.05, 3.63) is 71.5 Å². The number of nitrogens with zero attached hydrogens (tertiary/aromatic N) is 2. The fraction of sp³-hybridized carbons (Fsp3) is 0.0526. The first-order chi connectivity index (χ1) is 13.1. The quantitative estimate of drug-likeness (QED) is 0.420. The second kappa shape index (κ2) is 6.75. The van der Waals surface area contributed by atoms with E-state index in [0.29, 0.717) is 11.1 Å². The summed E-state index contributed by atoms with van der Waals surface area (Å²) in [7, 11) is 0. The molecule has 8 nitrogen and oxygen atoms in total. The Kier molecular flexibility index (Phi) is 4.13. The van der Waals surface area contributed by atoms with Crippen LogP contribution in [0, 0.1) is 6.92 Å². The minimum Gasteiger partial charge on any atom is -0.277 e. The molecule has 0 bridgehead atoms. The van der Waals surface area contributed by atoms with Gasteiger partial charge in [-0.05, 0) is 25.1 Å². The summed E-state index contributed by atoms with van der Waals surface area (Å²) < 4.78 is 0. The predicted molar refractivity (Wildman–Crippen MR) is 99.8 cm³/mol. The van der Waals surface area contributed by atoms with Crippen LogP contribution >= 0.6 is 0 Å². The molecule has 2 amide bonds. The molecular weight excluding hydrogens is 344 g/mol. The molecule has 0 aliphatic rings. The molecule has 4 rings (SSSR count). The number of rotatable bonds is 3. The van der Waals surface area contributed by atoms with Gasteiger partial charge in [-0.3, -0.25) is 30.6 Å². The lowest BCUT2D eigenvalue weighted by molar-refractivity contribution is 0.0842. The van der Waals surface area contributed by atoms with Crippen LogP contribution in [0.25, 0.3) is 22.2 Å². The van der Waals surface area contributed by atoms with Crippen molar-refractivity contribution in [1.29, 1.82) is 0 Å². The van der Waals surface area contributed by atoms with Crippen molar-refractivity contribution >= 4 is 22.7 Å². The third kappa shape index (κ3) is 3.28. The number of nitrogens with one attached hydrogen (secondary N) is 4. The van der Waals surface area contributed by atoms with Crippen LogP contribution in [-0.4, -0.2) is 32.2 Å². The first-order valence-corrected chi connectivity index (χ1v) is 8.28. The Hall–Kier alpha value is -3.94. The summed E-state index contributed by atoms with van der Waals surface area (Å²) in [5, 5.41) is 14.3. The van der Waals surface area contributed by atoms with E-state index < -0.39 is 11.8 Å². The summed E-state index contributed by atoms with van der Waals surface area (Å²) in [5.41, 5.74) is 8.47. The van der Waals surface area contributed by atoms with Crippen LogP contribution in [0.3, 0.4) is 0 Å². The number of carbonyl (C=O) groups excluding carboxylic acids is 2. The van der Waals surface area contributed by atoms with E-state index in [4.69, 9.17) is 0 Å². The molecule has 27 heavy (non-hydrogen) atoms. The molecule has 4 aromatic rings. The lowest BCUT2D eigenvalue weighted by Crippen LogP contribution is -2.42. The van der Waals surface area contributed by atoms with Crippen LogP contribution in [0.1, 0.15) is 26.5 Å². The van der Waals surface area contributed by atoms with Gasteiger partial charge in [0.25, 0.3) is 11.8 Å². The summed E-state index contributed by atoms with van der Waals surface area (Å²) in [6.45, 7) is 1.93. The lowest BCUT2D eigenvalue weighted by atomic mass is 10.1. The van der Waals surface area contributed by atoms with Crippen LogP contribution in [0.15, 0.2) is 54.6 Å². The van der Waals surface area contributed by atoms with Crippen LogP contribution in [0.2, 0.25) is 0 Å². The van der Waals surface area contributed by atoms with Crippen molar-refractivity contribution in [3.8, 4) is 11.3 Å². The zero-order valence-corrected chi connectivity index (χ0v) is 14.4. The van der Waals surface area contributed by atoms with E-state index >= 15 is 0 Å². The first kappa shape index (κ1) is 16.5. The molecule has 0 unspecified atom stereocenters. The molecule has 0 atom stereocenters. The van der Waals surface area contributed by atoms with E-state index in [1.165, 1.54) is 0 Å². The highest BCUT2D eigenvalue weighted by molar-refractivity contribution is 6.05. The van der Waals surface area contributed by atoms with Gasteiger partial charge in [0.15, 0.2) is 5.69 Å². The number of hydrazine groups is 1. The fourth-order valence-corrected chi connectivity index (χ4v) is 2.74. The maximum absolute atomic E-state index is 12.4. The minimum absolute atomic E-state index is 0.212. The zero-order chi connectivity index (χ0) is 18.8. The average Bonchev–Trinajstić information content (AvgIpc) is 3.33. The second-order valence-corrected chi connectivity index (χ2v) is 6.06. The number of aromatic nitrogens is 4. The molecular formula is C19H16N6O2. The average molecular weight is 360 g/mol. The molecule has 2 aromatic heterocycles. The maximum atomic E-state index is 12.4. The standard InChI is InChI=1S/C19H16N6O2/c1-11-7-8-14-13(9-11)17(23-20-14)19(27)25-24-18(26)16-10-15(21-22-16)12-5-3-2-4-6-12/h2-10H,1H3,(H,20,23)(H,21,22)(H,24,26)(H,25,27). The van der Waals surface area contributed by atoms with Gasteiger partial charge in [0.2, 0.25) is 0 Å². The Bertz CT molecular complexity index is 1130. The molecule has 4 N–H and O–H groups in total. The molecule has 0 aliphatic carbocycles. The highest BCUT2D eigenvalue weighted by atomic mass is 16.2. The molecule has 0 radical (unpaired) electrons. The van der Waals surface area contributed by atoms with Gasteiger partial charge in [0.1, 0.15) is 5.69 Å². The highest BCUT2D eigenvalue weighted by Gasteiger charge is 2.16. The van der Waals surface area contributed by atoms with Crippen LogP contribution in [0.5, 0.6) is 0 Å². The Morgan fingerprint density at radius 3 is 2.48 bits per heavy atom. The third-order valence-corrected chi connectivity index (χ3v) is 4.12. The maximum Gasteiger partial charge on any atom is 0.290 e. The van der Waals surface area contributed by atoms with Gasteiger partial charge in [-0.2, -0.15) is 10.2 Å². The van der Waals surface area contributed by atoms with Crippen molar-refractivity contribution < 1.29 is 9.59 Å². The van der Waals surface area contributed by atoms with Crippen molar-refractivity contribution in [2.24, 2.45) is 0 Å². The van der Waals surface area contributed by atoms with Crippen LogP contribution in [-0.2, 0) is 0 Å². The lowest BCUT2D eigenvalue weighted by Gasteiger charge is -2.04. The van der Waals surface area contributed by atoms with Crippen LogP contribution in [0.4, 0.5) is 0 Å². The summed E-state index contributed by atoms with van der Waals surface area (Å²) >= 11 is 0. The van der Waals surface area contributed by atoms with Gasteiger partial charge < -0.3 is 0 Å².